The Hall–Kier alpha value is -1.41. The van der Waals surface area contributed by atoms with Gasteiger partial charge in [0.15, 0.2) is 5.78 Å². The first kappa shape index (κ1) is 12.1. The van der Waals surface area contributed by atoms with Crippen LogP contribution in [0.5, 0.6) is 0 Å². The van der Waals surface area contributed by atoms with Crippen LogP contribution in [-0.2, 0) is 0 Å². The number of aryl methyl sites for hydroxylation is 4. The Bertz CT molecular complexity index is 579. The minimum Gasteiger partial charge on any atom is -0.289 e. The standard InChI is InChI=1S/C15H16OS/c1-9-5-11(3)13(6-10(9)2)15(16)14-8-17-7-12(14)4/h5-8H,1-4H3. The molecule has 0 radical (unpaired) electrons. The normalized spacial score (nSPS) is 10.6. The van der Waals surface area contributed by atoms with Gasteiger partial charge in [-0.3, -0.25) is 4.79 Å². The SMILES string of the molecule is Cc1cc(C)c(C(=O)c2cscc2C)cc1C. The number of ketones is 1. The molecular weight excluding hydrogens is 228 g/mol. The van der Waals surface area contributed by atoms with Gasteiger partial charge in [-0.2, -0.15) is 11.3 Å². The molecule has 0 amide bonds. The Balaban J connectivity index is 2.52. The molecule has 0 fully saturated rings. The molecule has 0 aliphatic rings. The topological polar surface area (TPSA) is 17.1 Å². The second kappa shape index (κ2) is 4.46. The third kappa shape index (κ3) is 2.18. The lowest BCUT2D eigenvalue weighted by molar-refractivity contribution is 0.103. The summed E-state index contributed by atoms with van der Waals surface area (Å²) in [5, 5.41) is 3.95. The first-order chi connectivity index (χ1) is 8.00. The maximum Gasteiger partial charge on any atom is 0.194 e. The lowest BCUT2D eigenvalue weighted by atomic mass is 9.95. The predicted octanol–water partition coefficient (Wildman–Crippen LogP) is 4.21. The van der Waals surface area contributed by atoms with Crippen molar-refractivity contribution in [2.45, 2.75) is 27.7 Å². The molecule has 88 valence electrons. The number of hydrogen-bond acceptors (Lipinski definition) is 2. The van der Waals surface area contributed by atoms with Crippen molar-refractivity contribution in [2.24, 2.45) is 0 Å². The second-order valence-corrected chi connectivity index (χ2v) is 5.29. The molecule has 17 heavy (non-hydrogen) atoms. The van der Waals surface area contributed by atoms with Crippen molar-refractivity contribution in [3.63, 3.8) is 0 Å². The number of thiophene rings is 1. The molecule has 0 aliphatic heterocycles. The lowest BCUT2D eigenvalue weighted by Crippen LogP contribution is -2.05. The van der Waals surface area contributed by atoms with Crippen molar-refractivity contribution in [1.29, 1.82) is 0 Å². The fraction of sp³-hybridized carbons (Fsp3) is 0.267. The molecule has 0 unspecified atom stereocenters. The molecule has 2 aromatic rings. The summed E-state index contributed by atoms with van der Waals surface area (Å²) >= 11 is 1.58. The maximum absolute atomic E-state index is 12.4. The molecule has 2 rings (SSSR count). The third-order valence-corrected chi connectivity index (χ3v) is 4.05. The smallest absolute Gasteiger partial charge is 0.194 e. The van der Waals surface area contributed by atoms with E-state index in [1.807, 2.05) is 37.6 Å². The van der Waals surface area contributed by atoms with Gasteiger partial charge in [0, 0.05) is 16.5 Å². The Morgan fingerprint density at radius 3 is 2.06 bits per heavy atom. The predicted molar refractivity (Wildman–Crippen MR) is 73.1 cm³/mol. The molecular formula is C15H16OS. The van der Waals surface area contributed by atoms with Crippen molar-refractivity contribution < 1.29 is 4.79 Å². The fourth-order valence-corrected chi connectivity index (χ4v) is 2.77. The highest BCUT2D eigenvalue weighted by atomic mass is 32.1. The van der Waals surface area contributed by atoms with Crippen LogP contribution in [0.2, 0.25) is 0 Å². The third-order valence-electron chi connectivity index (χ3n) is 3.19. The Morgan fingerprint density at radius 1 is 0.824 bits per heavy atom. The molecule has 0 saturated heterocycles. The Morgan fingerprint density at radius 2 is 1.47 bits per heavy atom. The highest BCUT2D eigenvalue weighted by Crippen LogP contribution is 2.22. The monoisotopic (exact) mass is 244 g/mol. The first-order valence-electron chi connectivity index (χ1n) is 5.66. The molecule has 0 bridgehead atoms. The lowest BCUT2D eigenvalue weighted by Gasteiger charge is -2.08. The van der Waals surface area contributed by atoms with Gasteiger partial charge in [-0.1, -0.05) is 6.07 Å². The van der Waals surface area contributed by atoms with Gasteiger partial charge < -0.3 is 0 Å². The van der Waals surface area contributed by atoms with Crippen LogP contribution in [0.3, 0.4) is 0 Å². The van der Waals surface area contributed by atoms with Crippen molar-refractivity contribution in [3.8, 4) is 0 Å². The molecule has 0 aliphatic carbocycles. The molecule has 0 spiro atoms. The van der Waals surface area contributed by atoms with Gasteiger partial charge in [-0.05, 0) is 61.4 Å². The Kier molecular flexibility index (Phi) is 3.16. The highest BCUT2D eigenvalue weighted by molar-refractivity contribution is 7.08. The summed E-state index contributed by atoms with van der Waals surface area (Å²) in [6.07, 6.45) is 0. The van der Waals surface area contributed by atoms with E-state index < -0.39 is 0 Å². The molecule has 1 heterocycles. The summed E-state index contributed by atoms with van der Waals surface area (Å²) in [5.41, 5.74) is 6.20. The van der Waals surface area contributed by atoms with Crippen LogP contribution < -0.4 is 0 Å². The van der Waals surface area contributed by atoms with Gasteiger partial charge in [0.2, 0.25) is 0 Å². The van der Waals surface area contributed by atoms with E-state index in [2.05, 4.69) is 13.0 Å². The maximum atomic E-state index is 12.4. The fourth-order valence-electron chi connectivity index (χ4n) is 1.94. The number of carbonyl (C=O) groups excluding carboxylic acids is 1. The largest absolute Gasteiger partial charge is 0.289 e. The second-order valence-electron chi connectivity index (χ2n) is 4.55. The van der Waals surface area contributed by atoms with E-state index in [-0.39, 0.29) is 5.78 Å². The Labute approximate surface area is 106 Å². The summed E-state index contributed by atoms with van der Waals surface area (Å²) in [5.74, 6) is 0.143. The van der Waals surface area contributed by atoms with E-state index in [9.17, 15) is 4.79 Å². The molecule has 1 aromatic heterocycles. The minimum atomic E-state index is 0.143. The highest BCUT2D eigenvalue weighted by Gasteiger charge is 2.15. The van der Waals surface area contributed by atoms with E-state index in [0.717, 1.165) is 22.3 Å². The van der Waals surface area contributed by atoms with Crippen molar-refractivity contribution in [2.75, 3.05) is 0 Å². The number of carbonyl (C=O) groups is 1. The van der Waals surface area contributed by atoms with E-state index in [1.165, 1.54) is 11.1 Å². The van der Waals surface area contributed by atoms with Gasteiger partial charge >= 0.3 is 0 Å². The first-order valence-corrected chi connectivity index (χ1v) is 6.60. The zero-order valence-electron chi connectivity index (χ0n) is 10.6. The van der Waals surface area contributed by atoms with Gasteiger partial charge in [0.25, 0.3) is 0 Å². The minimum absolute atomic E-state index is 0.143. The van der Waals surface area contributed by atoms with Crippen LogP contribution in [0.15, 0.2) is 22.9 Å². The van der Waals surface area contributed by atoms with E-state index >= 15 is 0 Å². The zero-order valence-corrected chi connectivity index (χ0v) is 11.4. The molecule has 2 heteroatoms. The average molecular weight is 244 g/mol. The van der Waals surface area contributed by atoms with Gasteiger partial charge in [0.1, 0.15) is 0 Å². The van der Waals surface area contributed by atoms with Crippen LogP contribution >= 0.6 is 11.3 Å². The van der Waals surface area contributed by atoms with Crippen LogP contribution in [0.1, 0.15) is 38.2 Å². The van der Waals surface area contributed by atoms with Crippen LogP contribution in [0.4, 0.5) is 0 Å². The molecule has 0 atom stereocenters. The van der Waals surface area contributed by atoms with Crippen molar-refractivity contribution in [1.82, 2.24) is 0 Å². The van der Waals surface area contributed by atoms with Gasteiger partial charge in [-0.25, -0.2) is 0 Å². The summed E-state index contributed by atoms with van der Waals surface area (Å²) < 4.78 is 0. The molecule has 1 aromatic carbocycles. The molecule has 1 nitrogen and oxygen atoms in total. The molecule has 0 saturated carbocycles. The zero-order chi connectivity index (χ0) is 12.6. The quantitative estimate of drug-likeness (QED) is 0.723. The number of benzene rings is 1. The van der Waals surface area contributed by atoms with Crippen molar-refractivity contribution >= 4 is 17.1 Å². The summed E-state index contributed by atoms with van der Waals surface area (Å²) in [7, 11) is 0. The van der Waals surface area contributed by atoms with E-state index in [4.69, 9.17) is 0 Å². The number of hydrogen-bond donors (Lipinski definition) is 0. The van der Waals surface area contributed by atoms with Crippen LogP contribution in [-0.4, -0.2) is 5.78 Å². The summed E-state index contributed by atoms with van der Waals surface area (Å²) in [6, 6.07) is 4.09. The number of rotatable bonds is 2. The van der Waals surface area contributed by atoms with Gasteiger partial charge in [-0.15, -0.1) is 0 Å². The van der Waals surface area contributed by atoms with E-state index in [1.54, 1.807) is 11.3 Å². The van der Waals surface area contributed by atoms with Crippen molar-refractivity contribution in [3.05, 3.63) is 56.3 Å². The van der Waals surface area contributed by atoms with Gasteiger partial charge in [0.05, 0.1) is 0 Å². The van der Waals surface area contributed by atoms with Crippen LogP contribution in [0.25, 0.3) is 0 Å². The summed E-state index contributed by atoms with van der Waals surface area (Å²) in [4.78, 5) is 12.4. The van der Waals surface area contributed by atoms with Crippen LogP contribution in [0, 0.1) is 27.7 Å². The average Bonchev–Trinajstić information content (AvgIpc) is 2.69. The molecule has 0 N–H and O–H groups in total. The summed E-state index contributed by atoms with van der Waals surface area (Å²) in [6.45, 7) is 8.11. The van der Waals surface area contributed by atoms with E-state index in [0.29, 0.717) is 0 Å².